The molecule has 6 nitrogen and oxygen atoms in total. The van der Waals surface area contributed by atoms with E-state index in [1.165, 1.54) is 6.07 Å². The SMILES string of the molecule is CCCCN(C)C(=O)c1ccccc1S(=O)(=O)NC1(CN)CCCCC1C.Cl. The van der Waals surface area contributed by atoms with Crippen LogP contribution in [0.1, 0.15) is 62.7 Å². The number of hydrogen-bond acceptors (Lipinski definition) is 4. The number of hydrogen-bond donors (Lipinski definition) is 2. The van der Waals surface area contributed by atoms with E-state index in [2.05, 4.69) is 11.6 Å². The van der Waals surface area contributed by atoms with Gasteiger partial charge in [-0.05, 0) is 37.3 Å². The maximum Gasteiger partial charge on any atom is 0.254 e. The molecule has 1 aliphatic carbocycles. The van der Waals surface area contributed by atoms with E-state index in [1.807, 2.05) is 6.92 Å². The summed E-state index contributed by atoms with van der Waals surface area (Å²) in [6.07, 6.45) is 5.54. The second-order valence-corrected chi connectivity index (χ2v) is 9.34. The van der Waals surface area contributed by atoms with Crippen molar-refractivity contribution in [2.75, 3.05) is 20.1 Å². The molecule has 8 heteroatoms. The van der Waals surface area contributed by atoms with Crippen molar-refractivity contribution < 1.29 is 13.2 Å². The minimum Gasteiger partial charge on any atom is -0.342 e. The summed E-state index contributed by atoms with van der Waals surface area (Å²) in [4.78, 5) is 14.4. The van der Waals surface area contributed by atoms with Crippen LogP contribution in [0.2, 0.25) is 0 Å². The first-order chi connectivity index (χ1) is 12.8. The summed E-state index contributed by atoms with van der Waals surface area (Å²) in [7, 11) is -2.16. The monoisotopic (exact) mass is 431 g/mol. The Hall–Kier alpha value is -1.15. The third kappa shape index (κ3) is 5.47. The fourth-order valence-electron chi connectivity index (χ4n) is 3.81. The molecule has 1 aliphatic rings. The maximum absolute atomic E-state index is 13.2. The highest BCUT2D eigenvalue weighted by Crippen LogP contribution is 2.34. The Morgan fingerprint density at radius 3 is 2.61 bits per heavy atom. The highest BCUT2D eigenvalue weighted by atomic mass is 35.5. The van der Waals surface area contributed by atoms with Crippen LogP contribution in [0.4, 0.5) is 0 Å². The Morgan fingerprint density at radius 2 is 2.00 bits per heavy atom. The Kier molecular flexibility index (Phi) is 9.40. The van der Waals surface area contributed by atoms with Crippen molar-refractivity contribution in [1.82, 2.24) is 9.62 Å². The molecule has 1 aromatic rings. The second kappa shape index (κ2) is 10.6. The molecule has 1 amide bonds. The van der Waals surface area contributed by atoms with Gasteiger partial charge in [-0.15, -0.1) is 12.4 Å². The van der Waals surface area contributed by atoms with Crippen LogP contribution in [-0.2, 0) is 10.0 Å². The van der Waals surface area contributed by atoms with Gasteiger partial charge in [0.25, 0.3) is 5.91 Å². The summed E-state index contributed by atoms with van der Waals surface area (Å²) in [5.74, 6) is -0.121. The zero-order chi connectivity index (χ0) is 20.1. The lowest BCUT2D eigenvalue weighted by atomic mass is 9.74. The molecular weight excluding hydrogens is 398 g/mol. The number of nitrogens with zero attached hydrogens (tertiary/aromatic N) is 1. The van der Waals surface area contributed by atoms with Crippen LogP contribution in [0, 0.1) is 5.92 Å². The number of unbranched alkanes of at least 4 members (excludes halogenated alkanes) is 1. The van der Waals surface area contributed by atoms with Gasteiger partial charge in [0.2, 0.25) is 10.0 Å². The quantitative estimate of drug-likeness (QED) is 0.661. The molecule has 28 heavy (non-hydrogen) atoms. The van der Waals surface area contributed by atoms with Gasteiger partial charge in [-0.2, -0.15) is 0 Å². The Balaban J connectivity index is 0.00000392. The molecular formula is C20H34ClN3O3S. The summed E-state index contributed by atoms with van der Waals surface area (Å²) < 4.78 is 29.3. The smallest absolute Gasteiger partial charge is 0.254 e. The van der Waals surface area contributed by atoms with Crippen molar-refractivity contribution in [2.24, 2.45) is 11.7 Å². The third-order valence-electron chi connectivity index (χ3n) is 5.76. The standard InChI is InChI=1S/C20H33N3O3S.ClH/c1-4-5-14-23(3)19(24)17-11-6-7-12-18(17)27(25,26)22-20(15-21)13-9-8-10-16(20)2;/h6-7,11-12,16,22H,4-5,8-10,13-15,21H2,1-3H3;1H. The highest BCUT2D eigenvalue weighted by molar-refractivity contribution is 7.89. The maximum atomic E-state index is 13.2. The summed E-state index contributed by atoms with van der Waals surface area (Å²) in [5, 5.41) is 0. The number of nitrogens with two attached hydrogens (primary N) is 1. The van der Waals surface area contributed by atoms with E-state index in [9.17, 15) is 13.2 Å². The highest BCUT2D eigenvalue weighted by Gasteiger charge is 2.41. The molecule has 160 valence electrons. The molecule has 0 heterocycles. The summed E-state index contributed by atoms with van der Waals surface area (Å²) >= 11 is 0. The molecule has 2 unspecified atom stereocenters. The van der Waals surface area contributed by atoms with Gasteiger partial charge in [0.05, 0.1) is 10.5 Å². The zero-order valence-electron chi connectivity index (χ0n) is 17.1. The summed E-state index contributed by atoms with van der Waals surface area (Å²) in [6.45, 7) is 4.95. The molecule has 2 atom stereocenters. The minimum atomic E-state index is -3.87. The summed E-state index contributed by atoms with van der Waals surface area (Å²) in [5.41, 5.74) is 5.57. The molecule has 0 spiro atoms. The lowest BCUT2D eigenvalue weighted by Crippen LogP contribution is -2.59. The van der Waals surface area contributed by atoms with E-state index in [0.29, 0.717) is 6.54 Å². The van der Waals surface area contributed by atoms with Crippen LogP contribution in [0.3, 0.4) is 0 Å². The first-order valence-corrected chi connectivity index (χ1v) is 11.3. The minimum absolute atomic E-state index is 0. The van der Waals surface area contributed by atoms with Gasteiger partial charge in [-0.25, -0.2) is 13.1 Å². The van der Waals surface area contributed by atoms with Crippen molar-refractivity contribution in [2.45, 2.75) is 62.8 Å². The van der Waals surface area contributed by atoms with Gasteiger partial charge in [-0.1, -0.05) is 45.2 Å². The molecule has 0 bridgehead atoms. The van der Waals surface area contributed by atoms with Crippen LogP contribution in [0.5, 0.6) is 0 Å². The average Bonchev–Trinajstić information content (AvgIpc) is 2.67. The second-order valence-electron chi connectivity index (χ2n) is 7.69. The number of benzene rings is 1. The molecule has 0 radical (unpaired) electrons. The fourth-order valence-corrected chi connectivity index (χ4v) is 5.55. The topological polar surface area (TPSA) is 92.5 Å². The zero-order valence-corrected chi connectivity index (χ0v) is 18.7. The fraction of sp³-hybridized carbons (Fsp3) is 0.650. The summed E-state index contributed by atoms with van der Waals surface area (Å²) in [6, 6.07) is 6.43. The number of rotatable bonds is 8. The van der Waals surface area contributed by atoms with Crippen LogP contribution in [-0.4, -0.2) is 44.9 Å². The molecule has 0 aromatic heterocycles. The van der Waals surface area contributed by atoms with Gasteiger partial charge in [-0.3, -0.25) is 4.79 Å². The number of carbonyl (C=O) groups is 1. The first kappa shape index (κ1) is 24.9. The van der Waals surface area contributed by atoms with Crippen molar-refractivity contribution in [1.29, 1.82) is 0 Å². The lowest BCUT2D eigenvalue weighted by molar-refractivity contribution is 0.0789. The largest absolute Gasteiger partial charge is 0.342 e. The van der Waals surface area contributed by atoms with Crippen LogP contribution >= 0.6 is 12.4 Å². The molecule has 1 aromatic carbocycles. The predicted octanol–water partition coefficient (Wildman–Crippen LogP) is 3.17. The number of amides is 1. The number of sulfonamides is 1. The van der Waals surface area contributed by atoms with Gasteiger partial charge in [0, 0.05) is 25.7 Å². The van der Waals surface area contributed by atoms with Crippen molar-refractivity contribution >= 4 is 28.3 Å². The molecule has 0 saturated heterocycles. The number of nitrogens with one attached hydrogen (secondary N) is 1. The average molecular weight is 432 g/mol. The third-order valence-corrected chi connectivity index (χ3v) is 7.37. The Bertz CT molecular complexity index is 757. The van der Waals surface area contributed by atoms with Gasteiger partial charge in [0.1, 0.15) is 0 Å². The van der Waals surface area contributed by atoms with E-state index in [1.54, 1.807) is 30.1 Å². The molecule has 2 rings (SSSR count). The van der Waals surface area contributed by atoms with Crippen molar-refractivity contribution in [3.63, 3.8) is 0 Å². The van der Waals surface area contributed by atoms with Crippen molar-refractivity contribution in [3.8, 4) is 0 Å². The van der Waals surface area contributed by atoms with E-state index in [0.717, 1.165) is 38.5 Å². The molecule has 1 saturated carbocycles. The van der Waals surface area contributed by atoms with E-state index in [4.69, 9.17) is 5.73 Å². The van der Waals surface area contributed by atoms with Gasteiger partial charge >= 0.3 is 0 Å². The predicted molar refractivity (Wildman–Crippen MR) is 115 cm³/mol. The molecule has 0 aliphatic heterocycles. The first-order valence-electron chi connectivity index (χ1n) is 9.86. The van der Waals surface area contributed by atoms with Crippen molar-refractivity contribution in [3.05, 3.63) is 29.8 Å². The van der Waals surface area contributed by atoms with Gasteiger partial charge in [0.15, 0.2) is 0 Å². The van der Waals surface area contributed by atoms with E-state index >= 15 is 0 Å². The van der Waals surface area contributed by atoms with E-state index < -0.39 is 15.6 Å². The number of carbonyl (C=O) groups excluding carboxylic acids is 1. The van der Waals surface area contributed by atoms with Crippen LogP contribution < -0.4 is 10.5 Å². The Morgan fingerprint density at radius 1 is 1.32 bits per heavy atom. The molecule has 1 fully saturated rings. The van der Waals surface area contributed by atoms with Crippen LogP contribution in [0.15, 0.2) is 29.2 Å². The molecule has 3 N–H and O–H groups in total. The number of halogens is 1. The van der Waals surface area contributed by atoms with Crippen LogP contribution in [0.25, 0.3) is 0 Å². The lowest BCUT2D eigenvalue weighted by Gasteiger charge is -2.42. The van der Waals surface area contributed by atoms with Gasteiger partial charge < -0.3 is 10.6 Å². The Labute approximate surface area is 175 Å². The van der Waals surface area contributed by atoms with E-state index in [-0.39, 0.29) is 41.2 Å². The normalized spacial score (nSPS) is 22.4.